The zero-order chi connectivity index (χ0) is 13.5. The van der Waals surface area contributed by atoms with Gasteiger partial charge in [-0.05, 0) is 44.6 Å². The van der Waals surface area contributed by atoms with Gasteiger partial charge in [0, 0.05) is 19.1 Å². The summed E-state index contributed by atoms with van der Waals surface area (Å²) in [6.07, 6.45) is 8.10. The minimum atomic E-state index is -0.0888. The van der Waals surface area contributed by atoms with Crippen LogP contribution in [-0.2, 0) is 4.74 Å². The van der Waals surface area contributed by atoms with Gasteiger partial charge in [-0.1, -0.05) is 19.8 Å². The molecule has 1 saturated carbocycles. The maximum Gasteiger partial charge on any atom is 0.410 e. The summed E-state index contributed by atoms with van der Waals surface area (Å²) in [5.41, 5.74) is 0. The Morgan fingerprint density at radius 1 is 1.32 bits per heavy atom. The third-order valence-electron chi connectivity index (χ3n) is 4.35. The van der Waals surface area contributed by atoms with Crippen molar-refractivity contribution in [2.75, 3.05) is 26.2 Å². The van der Waals surface area contributed by atoms with Gasteiger partial charge in [0.1, 0.15) is 0 Å². The summed E-state index contributed by atoms with van der Waals surface area (Å²) in [5, 5.41) is 3.40. The van der Waals surface area contributed by atoms with Crippen molar-refractivity contribution in [1.82, 2.24) is 10.2 Å². The van der Waals surface area contributed by atoms with Crippen LogP contribution in [0.15, 0.2) is 0 Å². The van der Waals surface area contributed by atoms with Crippen LogP contribution in [0.4, 0.5) is 4.79 Å². The monoisotopic (exact) mass is 268 g/mol. The smallest absolute Gasteiger partial charge is 0.410 e. The molecule has 0 aromatic heterocycles. The van der Waals surface area contributed by atoms with Crippen molar-refractivity contribution in [3.8, 4) is 0 Å². The Balaban J connectivity index is 1.85. The lowest BCUT2D eigenvalue weighted by atomic mass is 9.84. The summed E-state index contributed by atoms with van der Waals surface area (Å²) in [6.45, 7) is 5.59. The molecule has 0 bridgehead atoms. The Kier molecular flexibility index (Phi) is 5.95. The van der Waals surface area contributed by atoms with Crippen molar-refractivity contribution >= 4 is 6.09 Å². The van der Waals surface area contributed by atoms with Crippen molar-refractivity contribution in [2.45, 2.75) is 57.9 Å². The van der Waals surface area contributed by atoms with E-state index < -0.39 is 0 Å². The van der Waals surface area contributed by atoms with Gasteiger partial charge in [0.25, 0.3) is 0 Å². The molecule has 1 aliphatic heterocycles. The quantitative estimate of drug-likeness (QED) is 0.753. The zero-order valence-corrected chi connectivity index (χ0v) is 12.2. The van der Waals surface area contributed by atoms with Crippen LogP contribution in [0, 0.1) is 5.92 Å². The fourth-order valence-corrected chi connectivity index (χ4v) is 2.81. The van der Waals surface area contributed by atoms with E-state index in [2.05, 4.69) is 12.2 Å². The summed E-state index contributed by atoms with van der Waals surface area (Å²) in [6, 6.07) is 0.337. The van der Waals surface area contributed by atoms with Crippen LogP contribution in [0.25, 0.3) is 0 Å². The largest absolute Gasteiger partial charge is 0.449 e. The number of hydrogen-bond donors (Lipinski definition) is 1. The van der Waals surface area contributed by atoms with Gasteiger partial charge in [0.15, 0.2) is 0 Å². The van der Waals surface area contributed by atoms with Crippen molar-refractivity contribution in [3.05, 3.63) is 0 Å². The van der Waals surface area contributed by atoms with Crippen LogP contribution in [0.5, 0.6) is 0 Å². The van der Waals surface area contributed by atoms with Crippen LogP contribution < -0.4 is 5.32 Å². The standard InChI is InChI=1S/C15H28N2O2/c1-2-3-10-19-15(18)17(12-13-6-4-7-13)14-8-5-9-16-11-14/h13-14,16H,2-12H2,1H3. The number of amides is 1. The molecule has 2 fully saturated rings. The van der Waals surface area contributed by atoms with Gasteiger partial charge < -0.3 is 15.0 Å². The number of unbranched alkanes of at least 4 members (excludes halogenated alkanes) is 1. The van der Waals surface area contributed by atoms with E-state index in [1.807, 2.05) is 4.90 Å². The predicted molar refractivity (Wildman–Crippen MR) is 76.2 cm³/mol. The topological polar surface area (TPSA) is 41.6 Å². The molecule has 1 unspecified atom stereocenters. The Morgan fingerprint density at radius 2 is 2.16 bits per heavy atom. The lowest BCUT2D eigenvalue weighted by Crippen LogP contribution is -2.51. The number of ether oxygens (including phenoxy) is 1. The SMILES string of the molecule is CCCCOC(=O)N(CC1CCC1)C1CCCNC1. The van der Waals surface area contributed by atoms with Crippen molar-refractivity contribution in [3.63, 3.8) is 0 Å². The molecule has 19 heavy (non-hydrogen) atoms. The highest BCUT2D eigenvalue weighted by atomic mass is 16.6. The third kappa shape index (κ3) is 4.37. The van der Waals surface area contributed by atoms with Crippen LogP contribution in [0.2, 0.25) is 0 Å². The van der Waals surface area contributed by atoms with Crippen LogP contribution in [-0.4, -0.2) is 43.3 Å². The number of hydrogen-bond acceptors (Lipinski definition) is 3. The van der Waals surface area contributed by atoms with E-state index in [1.54, 1.807) is 0 Å². The summed E-state index contributed by atoms with van der Waals surface area (Å²) in [5.74, 6) is 0.709. The summed E-state index contributed by atoms with van der Waals surface area (Å²) in [4.78, 5) is 14.3. The first kappa shape index (κ1) is 14.6. The van der Waals surface area contributed by atoms with Gasteiger partial charge in [-0.3, -0.25) is 0 Å². The number of carbonyl (C=O) groups is 1. The molecular weight excluding hydrogens is 240 g/mol. The Hall–Kier alpha value is -0.770. The first-order valence-corrected chi connectivity index (χ1v) is 7.95. The number of carbonyl (C=O) groups excluding carboxylic acids is 1. The van der Waals surface area contributed by atoms with Crippen molar-refractivity contribution in [1.29, 1.82) is 0 Å². The minimum Gasteiger partial charge on any atom is -0.449 e. The molecule has 1 atom stereocenters. The predicted octanol–water partition coefficient (Wildman–Crippen LogP) is 2.78. The number of piperidine rings is 1. The lowest BCUT2D eigenvalue weighted by Gasteiger charge is -2.38. The molecule has 2 aliphatic rings. The highest BCUT2D eigenvalue weighted by Crippen LogP contribution is 2.28. The maximum atomic E-state index is 12.3. The number of nitrogens with zero attached hydrogens (tertiary/aromatic N) is 1. The normalized spacial score (nSPS) is 23.7. The molecule has 1 N–H and O–H groups in total. The van der Waals surface area contributed by atoms with E-state index in [9.17, 15) is 4.79 Å². The van der Waals surface area contributed by atoms with E-state index in [0.29, 0.717) is 18.6 Å². The van der Waals surface area contributed by atoms with Crippen molar-refractivity contribution < 1.29 is 9.53 Å². The van der Waals surface area contributed by atoms with Gasteiger partial charge in [0.2, 0.25) is 0 Å². The van der Waals surface area contributed by atoms with Gasteiger partial charge in [-0.25, -0.2) is 4.79 Å². The zero-order valence-electron chi connectivity index (χ0n) is 12.2. The summed E-state index contributed by atoms with van der Waals surface area (Å²) >= 11 is 0. The minimum absolute atomic E-state index is 0.0888. The Morgan fingerprint density at radius 3 is 2.74 bits per heavy atom. The summed E-state index contributed by atoms with van der Waals surface area (Å²) < 4.78 is 5.43. The number of rotatable bonds is 6. The summed E-state index contributed by atoms with van der Waals surface area (Å²) in [7, 11) is 0. The van der Waals surface area contributed by atoms with E-state index in [1.165, 1.54) is 19.3 Å². The molecule has 110 valence electrons. The molecule has 0 spiro atoms. The van der Waals surface area contributed by atoms with E-state index in [4.69, 9.17) is 4.74 Å². The molecule has 4 nitrogen and oxygen atoms in total. The van der Waals surface area contributed by atoms with E-state index in [0.717, 1.165) is 45.3 Å². The van der Waals surface area contributed by atoms with E-state index in [-0.39, 0.29) is 6.09 Å². The molecule has 1 aliphatic carbocycles. The second-order valence-corrected chi connectivity index (χ2v) is 5.92. The highest BCUT2D eigenvalue weighted by Gasteiger charge is 2.30. The molecule has 1 amide bonds. The second-order valence-electron chi connectivity index (χ2n) is 5.92. The molecule has 4 heteroatoms. The Bertz CT molecular complexity index is 273. The van der Waals surface area contributed by atoms with Gasteiger partial charge in [-0.15, -0.1) is 0 Å². The first-order chi connectivity index (χ1) is 9.31. The van der Waals surface area contributed by atoms with Gasteiger partial charge >= 0.3 is 6.09 Å². The lowest BCUT2D eigenvalue weighted by molar-refractivity contribution is 0.0631. The van der Waals surface area contributed by atoms with Crippen LogP contribution >= 0.6 is 0 Å². The number of nitrogens with one attached hydrogen (secondary N) is 1. The molecule has 0 aromatic rings. The fraction of sp³-hybridized carbons (Fsp3) is 0.933. The van der Waals surface area contributed by atoms with Crippen LogP contribution in [0.3, 0.4) is 0 Å². The molecule has 1 saturated heterocycles. The first-order valence-electron chi connectivity index (χ1n) is 7.95. The van der Waals surface area contributed by atoms with Gasteiger partial charge in [-0.2, -0.15) is 0 Å². The van der Waals surface area contributed by atoms with Gasteiger partial charge in [0.05, 0.1) is 6.61 Å². The molecule has 2 rings (SSSR count). The Labute approximate surface area is 116 Å². The molecule has 1 heterocycles. The maximum absolute atomic E-state index is 12.3. The van der Waals surface area contributed by atoms with Crippen molar-refractivity contribution in [2.24, 2.45) is 5.92 Å². The highest BCUT2D eigenvalue weighted by molar-refractivity contribution is 5.68. The fourth-order valence-electron chi connectivity index (χ4n) is 2.81. The average molecular weight is 268 g/mol. The van der Waals surface area contributed by atoms with Crippen LogP contribution in [0.1, 0.15) is 51.9 Å². The molecule has 0 radical (unpaired) electrons. The third-order valence-corrected chi connectivity index (χ3v) is 4.35. The average Bonchev–Trinajstić information content (AvgIpc) is 2.39. The molecular formula is C15H28N2O2. The second kappa shape index (κ2) is 7.73. The molecule has 0 aromatic carbocycles. The van der Waals surface area contributed by atoms with E-state index >= 15 is 0 Å².